The van der Waals surface area contributed by atoms with Gasteiger partial charge in [-0.3, -0.25) is 4.31 Å². The Labute approximate surface area is 130 Å². The van der Waals surface area contributed by atoms with E-state index in [0.717, 1.165) is 11.1 Å². The highest BCUT2D eigenvalue weighted by atomic mass is 32.2. The molecule has 0 amide bonds. The molecule has 1 aliphatic heterocycles. The second-order valence-electron chi connectivity index (χ2n) is 5.70. The zero-order valence-electron chi connectivity index (χ0n) is 12.4. The van der Waals surface area contributed by atoms with Crippen molar-refractivity contribution < 1.29 is 12.8 Å². The maximum Gasteiger partial charge on any atom is 0.239 e. The summed E-state index contributed by atoms with van der Waals surface area (Å²) in [7, 11) is -3.50. The van der Waals surface area contributed by atoms with Gasteiger partial charge >= 0.3 is 0 Å². The highest BCUT2D eigenvalue weighted by Crippen LogP contribution is 2.34. The van der Waals surface area contributed by atoms with Gasteiger partial charge in [-0.15, -0.1) is 0 Å². The van der Waals surface area contributed by atoms with E-state index in [0.29, 0.717) is 18.5 Å². The van der Waals surface area contributed by atoms with Gasteiger partial charge in [0.1, 0.15) is 5.82 Å². The van der Waals surface area contributed by atoms with Crippen LogP contribution in [0.1, 0.15) is 24.5 Å². The molecular formula is C17H18FNO2S. The highest BCUT2D eigenvalue weighted by molar-refractivity contribution is 7.92. The first-order chi connectivity index (χ1) is 10.5. The summed E-state index contributed by atoms with van der Waals surface area (Å²) >= 11 is 0. The summed E-state index contributed by atoms with van der Waals surface area (Å²) < 4.78 is 40.5. The Hall–Kier alpha value is -1.88. The van der Waals surface area contributed by atoms with Crippen LogP contribution in [0.5, 0.6) is 0 Å². The SMILES string of the molecule is CC1CCc2cc(F)ccc2N1S(=O)(=O)Cc1ccccc1. The van der Waals surface area contributed by atoms with Crippen LogP contribution in [0.15, 0.2) is 48.5 Å². The van der Waals surface area contributed by atoms with Crippen LogP contribution in [0.4, 0.5) is 10.1 Å². The van der Waals surface area contributed by atoms with Gasteiger partial charge in [0.25, 0.3) is 0 Å². The molecule has 1 aliphatic rings. The Kier molecular flexibility index (Phi) is 3.91. The molecule has 2 aromatic rings. The van der Waals surface area contributed by atoms with Crippen molar-refractivity contribution in [3.05, 3.63) is 65.5 Å². The smallest absolute Gasteiger partial charge is 0.239 e. The van der Waals surface area contributed by atoms with Crippen LogP contribution >= 0.6 is 0 Å². The lowest BCUT2D eigenvalue weighted by atomic mass is 9.99. The molecule has 116 valence electrons. The van der Waals surface area contributed by atoms with Gasteiger partial charge in [0.05, 0.1) is 11.4 Å². The summed E-state index contributed by atoms with van der Waals surface area (Å²) in [5.74, 6) is -0.372. The molecule has 2 aromatic carbocycles. The van der Waals surface area contributed by atoms with Gasteiger partial charge < -0.3 is 0 Å². The summed E-state index contributed by atoms with van der Waals surface area (Å²) in [4.78, 5) is 0. The normalized spacial score (nSPS) is 18.1. The van der Waals surface area contributed by atoms with E-state index in [-0.39, 0.29) is 17.6 Å². The summed E-state index contributed by atoms with van der Waals surface area (Å²) in [6.07, 6.45) is 1.40. The van der Waals surface area contributed by atoms with Crippen molar-refractivity contribution in [2.75, 3.05) is 4.31 Å². The first-order valence-corrected chi connectivity index (χ1v) is 8.93. The number of hydrogen-bond donors (Lipinski definition) is 0. The average molecular weight is 319 g/mol. The molecule has 5 heteroatoms. The molecule has 0 N–H and O–H groups in total. The van der Waals surface area contributed by atoms with E-state index in [1.54, 1.807) is 18.2 Å². The molecule has 0 fully saturated rings. The van der Waals surface area contributed by atoms with Crippen molar-refractivity contribution in [2.45, 2.75) is 31.6 Å². The molecule has 0 aliphatic carbocycles. The quantitative estimate of drug-likeness (QED) is 0.868. The molecule has 0 radical (unpaired) electrons. The van der Waals surface area contributed by atoms with Gasteiger partial charge in [-0.25, -0.2) is 12.8 Å². The van der Waals surface area contributed by atoms with Gasteiger partial charge in [0.15, 0.2) is 0 Å². The first-order valence-electron chi connectivity index (χ1n) is 7.32. The molecule has 1 atom stereocenters. The highest BCUT2D eigenvalue weighted by Gasteiger charge is 2.32. The fraction of sp³-hybridized carbons (Fsp3) is 0.294. The number of rotatable bonds is 3. The van der Waals surface area contributed by atoms with Crippen LogP contribution in [0.3, 0.4) is 0 Å². The fourth-order valence-electron chi connectivity index (χ4n) is 2.97. The maximum atomic E-state index is 13.4. The van der Waals surface area contributed by atoms with Crippen LogP contribution < -0.4 is 4.31 Å². The number of sulfonamides is 1. The maximum absolute atomic E-state index is 13.4. The Bertz CT molecular complexity index is 775. The van der Waals surface area contributed by atoms with E-state index in [9.17, 15) is 12.8 Å². The average Bonchev–Trinajstić information content (AvgIpc) is 2.47. The van der Waals surface area contributed by atoms with Crippen molar-refractivity contribution in [1.82, 2.24) is 0 Å². The minimum Gasteiger partial charge on any atom is -0.267 e. The van der Waals surface area contributed by atoms with Gasteiger partial charge in [-0.05, 0) is 49.1 Å². The summed E-state index contributed by atoms with van der Waals surface area (Å²) in [6.45, 7) is 1.90. The van der Waals surface area contributed by atoms with E-state index in [1.807, 2.05) is 25.1 Å². The number of halogens is 1. The minimum absolute atomic E-state index is 0.0466. The number of nitrogens with zero attached hydrogens (tertiary/aromatic N) is 1. The second kappa shape index (κ2) is 5.72. The Morgan fingerprint density at radius 2 is 1.91 bits per heavy atom. The van der Waals surface area contributed by atoms with Crippen LogP contribution in [-0.4, -0.2) is 14.5 Å². The number of fused-ring (bicyclic) bond motifs is 1. The van der Waals surface area contributed by atoms with Gasteiger partial charge in [-0.2, -0.15) is 0 Å². The zero-order valence-corrected chi connectivity index (χ0v) is 13.2. The number of anilines is 1. The molecule has 3 rings (SSSR count). The van der Waals surface area contributed by atoms with Gasteiger partial charge in [-0.1, -0.05) is 30.3 Å². The van der Waals surface area contributed by atoms with Crippen LogP contribution in [0.2, 0.25) is 0 Å². The van der Waals surface area contributed by atoms with E-state index in [4.69, 9.17) is 0 Å². The standard InChI is InChI=1S/C17H18FNO2S/c1-13-7-8-15-11-16(18)9-10-17(15)19(13)22(20,21)12-14-5-3-2-4-6-14/h2-6,9-11,13H,7-8,12H2,1H3. The number of benzene rings is 2. The molecule has 22 heavy (non-hydrogen) atoms. The summed E-state index contributed by atoms with van der Waals surface area (Å²) in [5.41, 5.74) is 2.12. The molecule has 3 nitrogen and oxygen atoms in total. The summed E-state index contributed by atoms with van der Waals surface area (Å²) in [6, 6.07) is 13.3. The van der Waals surface area contributed by atoms with Crippen LogP contribution in [-0.2, 0) is 22.2 Å². The van der Waals surface area contributed by atoms with Crippen LogP contribution in [0, 0.1) is 5.82 Å². The molecule has 0 spiro atoms. The fourth-order valence-corrected chi connectivity index (χ4v) is 4.85. The molecule has 0 bridgehead atoms. The van der Waals surface area contributed by atoms with Crippen molar-refractivity contribution in [2.24, 2.45) is 0 Å². The minimum atomic E-state index is -3.50. The van der Waals surface area contributed by atoms with Crippen LogP contribution in [0.25, 0.3) is 0 Å². The zero-order chi connectivity index (χ0) is 15.7. The van der Waals surface area contributed by atoms with E-state index < -0.39 is 10.0 Å². The van der Waals surface area contributed by atoms with Gasteiger partial charge in [0, 0.05) is 6.04 Å². The molecule has 0 saturated carbocycles. The predicted molar refractivity (Wildman–Crippen MR) is 85.7 cm³/mol. The Morgan fingerprint density at radius 1 is 1.18 bits per heavy atom. The Balaban J connectivity index is 2.00. The third-order valence-electron chi connectivity index (χ3n) is 4.00. The monoisotopic (exact) mass is 319 g/mol. The van der Waals surface area contributed by atoms with Crippen molar-refractivity contribution in [3.63, 3.8) is 0 Å². The largest absolute Gasteiger partial charge is 0.267 e. The lowest BCUT2D eigenvalue weighted by Crippen LogP contribution is -2.42. The number of aryl methyl sites for hydroxylation is 1. The molecule has 1 heterocycles. The number of hydrogen-bond acceptors (Lipinski definition) is 2. The molecule has 0 saturated heterocycles. The molecule has 1 unspecified atom stereocenters. The Morgan fingerprint density at radius 3 is 2.64 bits per heavy atom. The van der Waals surface area contributed by atoms with Crippen molar-refractivity contribution >= 4 is 15.7 Å². The van der Waals surface area contributed by atoms with E-state index in [1.165, 1.54) is 16.4 Å². The lowest BCUT2D eigenvalue weighted by Gasteiger charge is -2.36. The third kappa shape index (κ3) is 2.86. The van der Waals surface area contributed by atoms with Gasteiger partial charge in [0.2, 0.25) is 10.0 Å². The van der Waals surface area contributed by atoms with Crippen molar-refractivity contribution in [1.29, 1.82) is 0 Å². The topological polar surface area (TPSA) is 37.4 Å². The van der Waals surface area contributed by atoms with E-state index in [2.05, 4.69) is 0 Å². The first kappa shape index (κ1) is 15.0. The lowest BCUT2D eigenvalue weighted by molar-refractivity contribution is 0.559. The molecule has 0 aromatic heterocycles. The third-order valence-corrected chi connectivity index (χ3v) is 5.86. The summed E-state index contributed by atoms with van der Waals surface area (Å²) in [5, 5.41) is 0. The van der Waals surface area contributed by atoms with E-state index >= 15 is 0 Å². The predicted octanol–water partition coefficient (Wildman–Crippen LogP) is 3.50. The molecular weight excluding hydrogens is 301 g/mol. The second-order valence-corrected chi connectivity index (χ2v) is 7.54. The van der Waals surface area contributed by atoms with Crippen molar-refractivity contribution in [3.8, 4) is 0 Å².